The molecule has 0 bridgehead atoms. The smallest absolute Gasteiger partial charge is 0.303 e. The van der Waals surface area contributed by atoms with E-state index in [1.54, 1.807) is 0 Å². The van der Waals surface area contributed by atoms with E-state index < -0.39 is 5.97 Å². The first kappa shape index (κ1) is 12.9. The van der Waals surface area contributed by atoms with Crippen molar-refractivity contribution in [1.82, 2.24) is 0 Å². The number of benzene rings is 1. The lowest BCUT2D eigenvalue weighted by Crippen LogP contribution is -2.22. The standard InChI is InChI=1S/C14H19NO3/c15-9-14(7-8-14)10-18-12-4-1-11(2-5-12)3-6-13(16)17/h1-2,4-5H,3,6-10,15H2,(H,16,17). The summed E-state index contributed by atoms with van der Waals surface area (Å²) in [7, 11) is 0. The van der Waals surface area contributed by atoms with Gasteiger partial charge in [0.1, 0.15) is 5.75 Å². The van der Waals surface area contributed by atoms with Gasteiger partial charge in [0.15, 0.2) is 0 Å². The second-order valence-corrected chi connectivity index (χ2v) is 5.03. The first-order chi connectivity index (χ1) is 8.63. The van der Waals surface area contributed by atoms with Gasteiger partial charge in [0.25, 0.3) is 0 Å². The number of rotatable bonds is 7. The molecular weight excluding hydrogens is 230 g/mol. The van der Waals surface area contributed by atoms with Gasteiger partial charge in [-0.1, -0.05) is 12.1 Å². The molecule has 0 unspecified atom stereocenters. The summed E-state index contributed by atoms with van der Waals surface area (Å²) in [4.78, 5) is 10.5. The summed E-state index contributed by atoms with van der Waals surface area (Å²) in [5.74, 6) is 0.0581. The fourth-order valence-electron chi connectivity index (χ4n) is 1.82. The molecule has 1 aromatic rings. The SMILES string of the molecule is NCC1(COc2ccc(CCC(=O)O)cc2)CC1. The van der Waals surface area contributed by atoms with E-state index in [0.29, 0.717) is 19.6 Å². The van der Waals surface area contributed by atoms with Crippen molar-refractivity contribution in [1.29, 1.82) is 0 Å². The van der Waals surface area contributed by atoms with Gasteiger partial charge < -0.3 is 15.6 Å². The summed E-state index contributed by atoms with van der Waals surface area (Å²) in [5.41, 5.74) is 6.92. The van der Waals surface area contributed by atoms with Gasteiger partial charge in [-0.05, 0) is 37.0 Å². The predicted molar refractivity (Wildman–Crippen MR) is 68.6 cm³/mol. The number of carbonyl (C=O) groups is 1. The second kappa shape index (κ2) is 5.40. The van der Waals surface area contributed by atoms with Gasteiger partial charge in [-0.25, -0.2) is 0 Å². The van der Waals surface area contributed by atoms with Gasteiger partial charge in [-0.3, -0.25) is 4.79 Å². The number of aryl methyl sites for hydroxylation is 1. The third-order valence-corrected chi connectivity index (χ3v) is 3.49. The Hall–Kier alpha value is -1.55. The zero-order valence-electron chi connectivity index (χ0n) is 10.4. The Kier molecular flexibility index (Phi) is 3.87. The van der Waals surface area contributed by atoms with Crippen LogP contribution >= 0.6 is 0 Å². The molecule has 1 fully saturated rings. The highest BCUT2D eigenvalue weighted by Crippen LogP contribution is 2.44. The molecule has 0 radical (unpaired) electrons. The monoisotopic (exact) mass is 249 g/mol. The van der Waals surface area contributed by atoms with Crippen LogP contribution in [0.2, 0.25) is 0 Å². The van der Waals surface area contributed by atoms with Crippen molar-refractivity contribution in [2.45, 2.75) is 25.7 Å². The average molecular weight is 249 g/mol. The van der Waals surface area contributed by atoms with E-state index in [4.69, 9.17) is 15.6 Å². The Labute approximate surface area is 107 Å². The van der Waals surface area contributed by atoms with Crippen LogP contribution < -0.4 is 10.5 Å². The first-order valence-electron chi connectivity index (χ1n) is 6.27. The summed E-state index contributed by atoms with van der Waals surface area (Å²) in [6.45, 7) is 1.36. The summed E-state index contributed by atoms with van der Waals surface area (Å²) in [6, 6.07) is 7.62. The fraction of sp³-hybridized carbons (Fsp3) is 0.500. The normalized spacial score (nSPS) is 16.3. The molecule has 0 atom stereocenters. The molecule has 0 aliphatic heterocycles. The summed E-state index contributed by atoms with van der Waals surface area (Å²) in [5, 5.41) is 8.60. The van der Waals surface area contributed by atoms with Crippen molar-refractivity contribution < 1.29 is 14.6 Å². The zero-order chi connectivity index (χ0) is 13.0. The van der Waals surface area contributed by atoms with E-state index in [1.807, 2.05) is 24.3 Å². The van der Waals surface area contributed by atoms with Crippen molar-refractivity contribution in [3.05, 3.63) is 29.8 Å². The van der Waals surface area contributed by atoms with Crippen LogP contribution in [0.3, 0.4) is 0 Å². The largest absolute Gasteiger partial charge is 0.493 e. The molecule has 0 heterocycles. The van der Waals surface area contributed by atoms with Gasteiger partial charge in [0.2, 0.25) is 0 Å². The molecule has 4 heteroatoms. The molecule has 0 amide bonds. The number of ether oxygens (including phenoxy) is 1. The van der Waals surface area contributed by atoms with Crippen LogP contribution in [0, 0.1) is 5.41 Å². The highest BCUT2D eigenvalue weighted by Gasteiger charge is 2.42. The number of carboxylic acid groups (broad SMARTS) is 1. The third-order valence-electron chi connectivity index (χ3n) is 3.49. The lowest BCUT2D eigenvalue weighted by atomic mass is 10.1. The molecule has 1 aromatic carbocycles. The van der Waals surface area contributed by atoms with Crippen LogP contribution in [-0.4, -0.2) is 24.2 Å². The number of nitrogens with two attached hydrogens (primary N) is 1. The van der Waals surface area contributed by atoms with Gasteiger partial charge in [-0.2, -0.15) is 0 Å². The topological polar surface area (TPSA) is 72.5 Å². The molecule has 98 valence electrons. The summed E-state index contributed by atoms with van der Waals surface area (Å²) in [6.07, 6.45) is 3.03. The molecule has 2 rings (SSSR count). The third kappa shape index (κ3) is 3.47. The van der Waals surface area contributed by atoms with Crippen LogP contribution in [0.1, 0.15) is 24.8 Å². The van der Waals surface area contributed by atoms with E-state index >= 15 is 0 Å². The Bertz CT molecular complexity index is 410. The lowest BCUT2D eigenvalue weighted by Gasteiger charge is -2.13. The van der Waals surface area contributed by atoms with Crippen molar-refractivity contribution in [2.24, 2.45) is 11.1 Å². The van der Waals surface area contributed by atoms with Crippen molar-refractivity contribution >= 4 is 5.97 Å². The molecule has 1 aliphatic carbocycles. The van der Waals surface area contributed by atoms with Gasteiger partial charge in [-0.15, -0.1) is 0 Å². The number of carboxylic acids is 1. The molecule has 4 nitrogen and oxygen atoms in total. The summed E-state index contributed by atoms with van der Waals surface area (Å²) < 4.78 is 5.71. The number of hydrogen-bond donors (Lipinski definition) is 2. The second-order valence-electron chi connectivity index (χ2n) is 5.03. The van der Waals surface area contributed by atoms with Gasteiger partial charge in [0, 0.05) is 18.4 Å². The maximum atomic E-state index is 10.5. The Morgan fingerprint density at radius 2 is 2.00 bits per heavy atom. The molecule has 1 aliphatic rings. The van der Waals surface area contributed by atoms with Crippen LogP contribution in [0.15, 0.2) is 24.3 Å². The minimum absolute atomic E-state index is 0.163. The molecule has 18 heavy (non-hydrogen) atoms. The minimum atomic E-state index is -0.769. The summed E-state index contributed by atoms with van der Waals surface area (Å²) >= 11 is 0. The maximum Gasteiger partial charge on any atom is 0.303 e. The quantitative estimate of drug-likeness (QED) is 0.773. The van der Waals surface area contributed by atoms with Gasteiger partial charge in [0.05, 0.1) is 6.61 Å². The van der Waals surface area contributed by atoms with Crippen molar-refractivity contribution in [3.63, 3.8) is 0 Å². The number of hydrogen-bond acceptors (Lipinski definition) is 3. The van der Waals surface area contributed by atoms with Crippen LogP contribution in [0.4, 0.5) is 0 Å². The number of aliphatic carboxylic acids is 1. The van der Waals surface area contributed by atoms with Crippen molar-refractivity contribution in [2.75, 3.05) is 13.2 Å². The first-order valence-corrected chi connectivity index (χ1v) is 6.27. The molecule has 1 saturated carbocycles. The highest BCUT2D eigenvalue weighted by atomic mass is 16.5. The Morgan fingerprint density at radius 1 is 1.33 bits per heavy atom. The zero-order valence-corrected chi connectivity index (χ0v) is 10.4. The van der Waals surface area contributed by atoms with Crippen LogP contribution in [0.5, 0.6) is 5.75 Å². The lowest BCUT2D eigenvalue weighted by molar-refractivity contribution is -0.136. The van der Waals surface area contributed by atoms with E-state index in [2.05, 4.69) is 0 Å². The van der Waals surface area contributed by atoms with Crippen LogP contribution in [-0.2, 0) is 11.2 Å². The molecule has 3 N–H and O–H groups in total. The van der Waals surface area contributed by atoms with E-state index in [9.17, 15) is 4.79 Å². The van der Waals surface area contributed by atoms with E-state index in [1.165, 1.54) is 0 Å². The molecule has 0 saturated heterocycles. The Balaban J connectivity index is 1.82. The maximum absolute atomic E-state index is 10.5. The molecular formula is C14H19NO3. The Morgan fingerprint density at radius 3 is 2.50 bits per heavy atom. The fourth-order valence-corrected chi connectivity index (χ4v) is 1.82. The van der Waals surface area contributed by atoms with Crippen LogP contribution in [0.25, 0.3) is 0 Å². The molecule has 0 spiro atoms. The average Bonchev–Trinajstić information content (AvgIpc) is 3.16. The van der Waals surface area contributed by atoms with E-state index in [-0.39, 0.29) is 11.8 Å². The highest BCUT2D eigenvalue weighted by molar-refractivity contribution is 5.67. The minimum Gasteiger partial charge on any atom is -0.493 e. The van der Waals surface area contributed by atoms with Gasteiger partial charge >= 0.3 is 5.97 Å². The predicted octanol–water partition coefficient (Wildman–Crippen LogP) is 1.82. The molecule has 0 aromatic heterocycles. The van der Waals surface area contributed by atoms with E-state index in [0.717, 1.165) is 24.2 Å². The van der Waals surface area contributed by atoms with Crippen molar-refractivity contribution in [3.8, 4) is 5.75 Å².